The summed E-state index contributed by atoms with van der Waals surface area (Å²) in [5.74, 6) is 1.51. The van der Waals surface area contributed by atoms with Crippen LogP contribution in [0.2, 0.25) is 0 Å². The van der Waals surface area contributed by atoms with Crippen LogP contribution >= 0.6 is 0 Å². The molecule has 4 aromatic heterocycles. The molecule has 1 atom stereocenters. The molecule has 0 unspecified atom stereocenters. The number of aryl methyl sites for hydroxylation is 1. The van der Waals surface area contributed by atoms with Gasteiger partial charge in [0.05, 0.1) is 30.2 Å². The summed E-state index contributed by atoms with van der Waals surface area (Å²) in [5.41, 5.74) is 4.85. The third kappa shape index (κ3) is 4.50. The van der Waals surface area contributed by atoms with E-state index in [0.29, 0.717) is 13.2 Å². The summed E-state index contributed by atoms with van der Waals surface area (Å²) in [6, 6.07) is 12.0. The average molecular weight is 416 g/mol. The molecule has 31 heavy (non-hydrogen) atoms. The van der Waals surface area contributed by atoms with Gasteiger partial charge in [-0.3, -0.25) is 9.97 Å². The molecule has 1 aliphatic heterocycles. The lowest BCUT2D eigenvalue weighted by molar-refractivity contribution is 0.000245. The fourth-order valence-corrected chi connectivity index (χ4v) is 3.61. The highest BCUT2D eigenvalue weighted by Gasteiger charge is 2.16. The average Bonchev–Trinajstić information content (AvgIpc) is 3.21. The molecule has 5 heterocycles. The molecular formula is C23H24N6O2. The zero-order valence-corrected chi connectivity index (χ0v) is 17.3. The van der Waals surface area contributed by atoms with Crippen molar-refractivity contribution >= 4 is 17.0 Å². The first-order valence-electron chi connectivity index (χ1n) is 10.3. The topological polar surface area (TPSA) is 85.6 Å². The zero-order valence-electron chi connectivity index (χ0n) is 17.3. The minimum Gasteiger partial charge on any atom is -0.489 e. The van der Waals surface area contributed by atoms with Crippen LogP contribution in [0.3, 0.4) is 0 Å². The maximum absolute atomic E-state index is 6.11. The van der Waals surface area contributed by atoms with Gasteiger partial charge in [0.15, 0.2) is 5.82 Å². The predicted octanol–water partition coefficient (Wildman–Crippen LogP) is 3.21. The number of hydrogen-bond acceptors (Lipinski definition) is 7. The fraction of sp³-hybridized carbons (Fsp3) is 0.261. The molecule has 0 aromatic carbocycles. The van der Waals surface area contributed by atoms with E-state index in [1.807, 2.05) is 48.0 Å². The van der Waals surface area contributed by atoms with E-state index in [4.69, 9.17) is 9.47 Å². The van der Waals surface area contributed by atoms with Crippen LogP contribution < -0.4 is 15.4 Å². The number of morpholine rings is 1. The summed E-state index contributed by atoms with van der Waals surface area (Å²) in [5, 5.41) is 11.2. The van der Waals surface area contributed by atoms with E-state index in [1.165, 1.54) is 0 Å². The van der Waals surface area contributed by atoms with Gasteiger partial charge in [-0.15, -0.1) is 0 Å². The molecule has 8 nitrogen and oxygen atoms in total. The Labute approximate surface area is 180 Å². The van der Waals surface area contributed by atoms with E-state index in [9.17, 15) is 0 Å². The number of hydrogen-bond donors (Lipinski definition) is 2. The van der Waals surface area contributed by atoms with Crippen LogP contribution in [0.1, 0.15) is 5.69 Å². The maximum Gasteiger partial charge on any atom is 0.153 e. The molecule has 0 radical (unpaired) electrons. The van der Waals surface area contributed by atoms with E-state index in [2.05, 4.69) is 31.8 Å². The number of fused-ring (bicyclic) bond motifs is 1. The van der Waals surface area contributed by atoms with E-state index < -0.39 is 0 Å². The van der Waals surface area contributed by atoms with Crippen LogP contribution in [-0.4, -0.2) is 52.0 Å². The van der Waals surface area contributed by atoms with Crippen molar-refractivity contribution in [3.05, 3.63) is 66.9 Å². The van der Waals surface area contributed by atoms with Crippen LogP contribution in [0.5, 0.6) is 5.75 Å². The molecule has 1 fully saturated rings. The van der Waals surface area contributed by atoms with Gasteiger partial charge in [0.2, 0.25) is 0 Å². The molecule has 1 saturated heterocycles. The Kier molecular flexibility index (Phi) is 5.47. The Bertz CT molecular complexity index is 1170. The number of nitrogens with zero attached hydrogens (tertiary/aromatic N) is 4. The van der Waals surface area contributed by atoms with Crippen molar-refractivity contribution < 1.29 is 9.47 Å². The van der Waals surface area contributed by atoms with Gasteiger partial charge in [0.1, 0.15) is 18.5 Å². The summed E-state index contributed by atoms with van der Waals surface area (Å²) in [6.07, 6.45) is 7.30. The SMILES string of the molecule is Cc1cc(-c2ccn3nc(Nc4cccnc4)cc3c2)c(OC[C@@H]2CNCCO2)cn1. The summed E-state index contributed by atoms with van der Waals surface area (Å²) in [6.45, 7) is 4.85. The summed E-state index contributed by atoms with van der Waals surface area (Å²) in [4.78, 5) is 8.56. The standard InChI is InChI=1S/C23H24N6O2/c1-16-9-21(22(14-26-16)31-15-20-13-25-6-8-30-20)17-4-7-29-19(10-17)11-23(28-29)27-18-3-2-5-24-12-18/h2-5,7,9-12,14,20,25H,6,8,13,15H2,1H3,(H,27,28)/t20-/m0/s1. The molecule has 0 saturated carbocycles. The lowest BCUT2D eigenvalue weighted by atomic mass is 10.1. The number of aromatic nitrogens is 4. The summed E-state index contributed by atoms with van der Waals surface area (Å²) >= 11 is 0. The van der Waals surface area contributed by atoms with Crippen molar-refractivity contribution in [1.82, 2.24) is 24.9 Å². The molecule has 0 bridgehead atoms. The predicted molar refractivity (Wildman–Crippen MR) is 119 cm³/mol. The van der Waals surface area contributed by atoms with Gasteiger partial charge in [0.25, 0.3) is 0 Å². The maximum atomic E-state index is 6.11. The molecule has 2 N–H and O–H groups in total. The molecule has 8 heteroatoms. The van der Waals surface area contributed by atoms with Gasteiger partial charge in [-0.05, 0) is 42.8 Å². The normalized spacial score (nSPS) is 16.4. The van der Waals surface area contributed by atoms with Gasteiger partial charge in [0, 0.05) is 42.8 Å². The van der Waals surface area contributed by atoms with Crippen LogP contribution in [0, 0.1) is 6.92 Å². The van der Waals surface area contributed by atoms with Crippen LogP contribution in [0.15, 0.2) is 61.2 Å². The second-order valence-corrected chi connectivity index (χ2v) is 7.51. The van der Waals surface area contributed by atoms with Crippen molar-refractivity contribution in [2.45, 2.75) is 13.0 Å². The zero-order chi connectivity index (χ0) is 21.0. The third-order valence-corrected chi connectivity index (χ3v) is 5.14. The van der Waals surface area contributed by atoms with Gasteiger partial charge in [-0.2, -0.15) is 5.10 Å². The fourth-order valence-electron chi connectivity index (χ4n) is 3.61. The quantitative estimate of drug-likeness (QED) is 0.499. The van der Waals surface area contributed by atoms with E-state index in [1.54, 1.807) is 18.6 Å². The van der Waals surface area contributed by atoms with Crippen molar-refractivity contribution in [2.75, 3.05) is 31.6 Å². The van der Waals surface area contributed by atoms with Gasteiger partial charge in [-0.1, -0.05) is 0 Å². The van der Waals surface area contributed by atoms with E-state index in [0.717, 1.165) is 52.7 Å². The van der Waals surface area contributed by atoms with E-state index in [-0.39, 0.29) is 6.10 Å². The van der Waals surface area contributed by atoms with Crippen molar-refractivity contribution in [3.8, 4) is 16.9 Å². The highest BCUT2D eigenvalue weighted by molar-refractivity contribution is 5.75. The molecule has 0 amide bonds. The highest BCUT2D eigenvalue weighted by Crippen LogP contribution is 2.31. The number of nitrogens with one attached hydrogen (secondary N) is 2. The second-order valence-electron chi connectivity index (χ2n) is 7.51. The first-order chi connectivity index (χ1) is 15.2. The second kappa shape index (κ2) is 8.71. The smallest absolute Gasteiger partial charge is 0.153 e. The Morgan fingerprint density at radius 3 is 3.06 bits per heavy atom. The lowest BCUT2D eigenvalue weighted by Gasteiger charge is -2.24. The Balaban J connectivity index is 1.41. The molecule has 5 rings (SSSR count). The van der Waals surface area contributed by atoms with E-state index >= 15 is 0 Å². The molecule has 158 valence electrons. The van der Waals surface area contributed by atoms with Gasteiger partial charge >= 0.3 is 0 Å². The van der Waals surface area contributed by atoms with Crippen LogP contribution in [0.25, 0.3) is 16.6 Å². The van der Waals surface area contributed by atoms with Crippen LogP contribution in [0.4, 0.5) is 11.5 Å². The summed E-state index contributed by atoms with van der Waals surface area (Å²) < 4.78 is 13.7. The first kappa shape index (κ1) is 19.5. The molecule has 0 spiro atoms. The number of ether oxygens (including phenoxy) is 2. The number of rotatable bonds is 6. The minimum absolute atomic E-state index is 0.0429. The molecule has 4 aromatic rings. The van der Waals surface area contributed by atoms with Crippen LogP contribution in [-0.2, 0) is 4.74 Å². The summed E-state index contributed by atoms with van der Waals surface area (Å²) in [7, 11) is 0. The largest absolute Gasteiger partial charge is 0.489 e. The first-order valence-corrected chi connectivity index (χ1v) is 10.3. The molecule has 0 aliphatic carbocycles. The van der Waals surface area contributed by atoms with Crippen molar-refractivity contribution in [2.24, 2.45) is 0 Å². The Morgan fingerprint density at radius 2 is 2.23 bits per heavy atom. The minimum atomic E-state index is 0.0429. The molecular weight excluding hydrogens is 392 g/mol. The molecule has 1 aliphatic rings. The number of anilines is 2. The highest BCUT2D eigenvalue weighted by atomic mass is 16.5. The monoisotopic (exact) mass is 416 g/mol. The lowest BCUT2D eigenvalue weighted by Crippen LogP contribution is -2.41. The van der Waals surface area contributed by atoms with Crippen molar-refractivity contribution in [1.29, 1.82) is 0 Å². The number of pyridine rings is 3. The van der Waals surface area contributed by atoms with Gasteiger partial charge < -0.3 is 20.1 Å². The van der Waals surface area contributed by atoms with Crippen molar-refractivity contribution in [3.63, 3.8) is 0 Å². The Morgan fingerprint density at radius 1 is 1.26 bits per heavy atom. The Hall–Kier alpha value is -3.49. The van der Waals surface area contributed by atoms with Gasteiger partial charge in [-0.25, -0.2) is 4.52 Å². The third-order valence-electron chi connectivity index (χ3n) is 5.14.